The van der Waals surface area contributed by atoms with Crippen LogP contribution in [0.25, 0.3) is 11.2 Å². The van der Waals surface area contributed by atoms with Crippen LogP contribution in [0, 0.1) is 0 Å². The van der Waals surface area contributed by atoms with Crippen LogP contribution < -0.4 is 5.32 Å². The van der Waals surface area contributed by atoms with Crippen LogP contribution in [-0.4, -0.2) is 36.0 Å². The van der Waals surface area contributed by atoms with Gasteiger partial charge in [-0.05, 0) is 6.07 Å². The van der Waals surface area contributed by atoms with Gasteiger partial charge in [0.2, 0.25) is 5.95 Å². The van der Waals surface area contributed by atoms with Crippen LogP contribution in [0.2, 0.25) is 5.15 Å². The van der Waals surface area contributed by atoms with Gasteiger partial charge in [0.05, 0.1) is 24.3 Å². The summed E-state index contributed by atoms with van der Waals surface area (Å²) in [6.07, 6.45) is 4.20. The Morgan fingerprint density at radius 2 is 2.21 bits per heavy atom. The number of H-pyrrole nitrogens is 1. The zero-order chi connectivity index (χ0) is 13.2. The van der Waals surface area contributed by atoms with Crippen molar-refractivity contribution in [3.8, 4) is 0 Å². The maximum absolute atomic E-state index is 11.9. The molecule has 0 aliphatic rings. The third-order valence-corrected chi connectivity index (χ3v) is 2.59. The van der Waals surface area contributed by atoms with Gasteiger partial charge < -0.3 is 4.98 Å². The first-order valence-electron chi connectivity index (χ1n) is 5.19. The summed E-state index contributed by atoms with van der Waals surface area (Å²) in [5.74, 6) is -0.327. The number of aromatic amines is 1. The number of nitrogens with zero attached hydrogens (tertiary/aromatic N) is 5. The Balaban J connectivity index is 1.91. The van der Waals surface area contributed by atoms with Crippen molar-refractivity contribution < 1.29 is 4.79 Å². The molecule has 94 valence electrons. The third kappa shape index (κ3) is 2.20. The molecule has 3 heterocycles. The molecule has 8 nitrogen and oxygen atoms in total. The maximum atomic E-state index is 11.9. The molecule has 0 aromatic carbocycles. The van der Waals surface area contributed by atoms with E-state index in [0.29, 0.717) is 16.7 Å². The third-order valence-electron chi connectivity index (χ3n) is 2.31. The number of carbonyl (C=O) groups is 1. The molecule has 0 aliphatic heterocycles. The summed E-state index contributed by atoms with van der Waals surface area (Å²) in [7, 11) is 0. The summed E-state index contributed by atoms with van der Waals surface area (Å²) >= 11 is 5.94. The summed E-state index contributed by atoms with van der Waals surface area (Å²) in [6, 6.07) is 1.52. The molecule has 0 saturated carbocycles. The fourth-order valence-electron chi connectivity index (χ4n) is 1.45. The molecule has 0 radical (unpaired) electrons. The highest BCUT2D eigenvalue weighted by Gasteiger charge is 2.12. The molecule has 0 fully saturated rings. The van der Waals surface area contributed by atoms with Gasteiger partial charge in [0.1, 0.15) is 5.52 Å². The van der Waals surface area contributed by atoms with Gasteiger partial charge in [-0.25, -0.2) is 4.98 Å². The number of anilines is 1. The minimum absolute atomic E-state index is 0.0754. The van der Waals surface area contributed by atoms with Gasteiger partial charge >= 0.3 is 0 Å². The second kappa shape index (κ2) is 4.58. The van der Waals surface area contributed by atoms with Crippen molar-refractivity contribution in [2.24, 2.45) is 0 Å². The van der Waals surface area contributed by atoms with E-state index in [4.69, 9.17) is 11.6 Å². The average Bonchev–Trinajstić information content (AvgIpc) is 2.88. The number of hydrogen-bond acceptors (Lipinski definition) is 6. The molecule has 3 rings (SSSR count). The van der Waals surface area contributed by atoms with Crippen molar-refractivity contribution in [1.82, 2.24) is 30.1 Å². The van der Waals surface area contributed by atoms with E-state index >= 15 is 0 Å². The van der Waals surface area contributed by atoms with E-state index in [1.807, 2.05) is 0 Å². The molecule has 2 N–H and O–H groups in total. The Morgan fingerprint density at radius 3 is 3.00 bits per heavy atom. The molecular formula is C10H6ClN7O. The monoisotopic (exact) mass is 275 g/mol. The molecule has 19 heavy (non-hydrogen) atoms. The smallest absolute Gasteiger partial charge is 0.259 e. The summed E-state index contributed by atoms with van der Waals surface area (Å²) < 4.78 is 0. The van der Waals surface area contributed by atoms with Gasteiger partial charge in [0.15, 0.2) is 10.8 Å². The van der Waals surface area contributed by atoms with E-state index in [1.165, 1.54) is 24.8 Å². The standard InChI is InChI=1S/C10H6ClN7O/c11-7-6-8(13-4-12-6)17-10(16-7)18-9(19)5-1-2-14-15-3-5/h1-4H,(H2,12,13,16,17,18,19). The van der Waals surface area contributed by atoms with Crippen LogP contribution in [-0.2, 0) is 0 Å². The second-order valence-corrected chi connectivity index (χ2v) is 3.88. The minimum atomic E-state index is -0.402. The van der Waals surface area contributed by atoms with E-state index in [2.05, 4.69) is 35.5 Å². The van der Waals surface area contributed by atoms with Crippen molar-refractivity contribution >= 4 is 34.6 Å². The predicted octanol–water partition coefficient (Wildman–Crippen LogP) is 1.05. The molecular weight excluding hydrogens is 270 g/mol. The van der Waals surface area contributed by atoms with Crippen molar-refractivity contribution in [2.45, 2.75) is 0 Å². The van der Waals surface area contributed by atoms with Crippen molar-refractivity contribution in [3.05, 3.63) is 35.5 Å². The first-order valence-corrected chi connectivity index (χ1v) is 5.56. The SMILES string of the molecule is O=C(Nc1nc(Cl)c2[nH]cnc2n1)c1ccnnc1. The number of carbonyl (C=O) groups excluding carboxylic acids is 1. The summed E-state index contributed by atoms with van der Waals surface area (Å²) in [5.41, 5.74) is 1.24. The number of fused-ring (bicyclic) bond motifs is 1. The number of aromatic nitrogens is 6. The fraction of sp³-hybridized carbons (Fsp3) is 0. The highest BCUT2D eigenvalue weighted by Crippen LogP contribution is 2.18. The molecule has 0 spiro atoms. The normalized spacial score (nSPS) is 10.6. The van der Waals surface area contributed by atoms with E-state index in [0.717, 1.165) is 0 Å². The molecule has 9 heteroatoms. The Kier molecular flexibility index (Phi) is 2.76. The van der Waals surface area contributed by atoms with E-state index in [1.54, 1.807) is 0 Å². The number of hydrogen-bond donors (Lipinski definition) is 2. The first-order chi connectivity index (χ1) is 9.24. The summed E-state index contributed by atoms with van der Waals surface area (Å²) in [4.78, 5) is 26.6. The molecule has 3 aromatic rings. The number of halogens is 1. The first kappa shape index (κ1) is 11.5. The van der Waals surface area contributed by atoms with Gasteiger partial charge in [-0.15, -0.1) is 0 Å². The molecule has 0 saturated heterocycles. The van der Waals surface area contributed by atoms with E-state index < -0.39 is 5.91 Å². The highest BCUT2D eigenvalue weighted by atomic mass is 35.5. The van der Waals surface area contributed by atoms with E-state index in [-0.39, 0.29) is 11.1 Å². The minimum Gasteiger partial charge on any atom is -0.341 e. The number of imidazole rings is 1. The van der Waals surface area contributed by atoms with Crippen molar-refractivity contribution in [3.63, 3.8) is 0 Å². The van der Waals surface area contributed by atoms with Gasteiger partial charge in [-0.1, -0.05) is 11.6 Å². The lowest BCUT2D eigenvalue weighted by atomic mass is 10.3. The fourth-order valence-corrected chi connectivity index (χ4v) is 1.67. The van der Waals surface area contributed by atoms with Crippen LogP contribution >= 0.6 is 11.6 Å². The van der Waals surface area contributed by atoms with Crippen LogP contribution in [0.15, 0.2) is 24.8 Å². The molecule has 0 unspecified atom stereocenters. The zero-order valence-corrected chi connectivity index (χ0v) is 10.1. The summed E-state index contributed by atoms with van der Waals surface area (Å²) in [6.45, 7) is 0. The van der Waals surface area contributed by atoms with Gasteiger partial charge in [0.25, 0.3) is 5.91 Å². The average molecular weight is 276 g/mol. The quantitative estimate of drug-likeness (QED) is 0.677. The topological polar surface area (TPSA) is 109 Å². The molecule has 0 bridgehead atoms. The Labute approximate surface area is 111 Å². The predicted molar refractivity (Wildman–Crippen MR) is 66.7 cm³/mol. The summed E-state index contributed by atoms with van der Waals surface area (Å²) in [5, 5.41) is 9.90. The second-order valence-electron chi connectivity index (χ2n) is 3.52. The lowest BCUT2D eigenvalue weighted by Crippen LogP contribution is -2.14. The highest BCUT2D eigenvalue weighted by molar-refractivity contribution is 6.33. The van der Waals surface area contributed by atoms with Gasteiger partial charge in [0, 0.05) is 0 Å². The van der Waals surface area contributed by atoms with Crippen LogP contribution in [0.3, 0.4) is 0 Å². The Morgan fingerprint density at radius 1 is 1.32 bits per heavy atom. The molecule has 1 amide bonds. The maximum Gasteiger partial charge on any atom is 0.259 e. The van der Waals surface area contributed by atoms with E-state index in [9.17, 15) is 4.79 Å². The zero-order valence-electron chi connectivity index (χ0n) is 9.33. The number of rotatable bonds is 2. The van der Waals surface area contributed by atoms with Crippen molar-refractivity contribution in [1.29, 1.82) is 0 Å². The Bertz CT molecular complexity index is 742. The lowest BCUT2D eigenvalue weighted by molar-refractivity contribution is 0.102. The van der Waals surface area contributed by atoms with Crippen molar-refractivity contribution in [2.75, 3.05) is 5.32 Å². The Hall–Kier alpha value is -2.61. The van der Waals surface area contributed by atoms with Gasteiger partial charge in [-0.3, -0.25) is 10.1 Å². The number of amides is 1. The molecule has 3 aromatic heterocycles. The molecule has 0 aliphatic carbocycles. The van der Waals surface area contributed by atoms with Crippen LogP contribution in [0.1, 0.15) is 10.4 Å². The lowest BCUT2D eigenvalue weighted by Gasteiger charge is -2.03. The molecule has 0 atom stereocenters. The van der Waals surface area contributed by atoms with Gasteiger partial charge in [-0.2, -0.15) is 20.2 Å². The van der Waals surface area contributed by atoms with Crippen LogP contribution in [0.5, 0.6) is 0 Å². The van der Waals surface area contributed by atoms with Crippen LogP contribution in [0.4, 0.5) is 5.95 Å². The number of nitrogens with one attached hydrogen (secondary N) is 2. The largest absolute Gasteiger partial charge is 0.341 e.